The average Bonchev–Trinajstić information content (AvgIpc) is 2.54. The zero-order chi connectivity index (χ0) is 9.10. The Bertz CT molecular complexity index is 380. The number of aromatic nitrogens is 4. The van der Waals surface area contributed by atoms with E-state index >= 15 is 0 Å². The molecule has 1 N–H and O–H groups in total. The molecule has 1 aromatic heterocycles. The van der Waals surface area contributed by atoms with Crippen molar-refractivity contribution in [3.05, 3.63) is 30.3 Å². The van der Waals surface area contributed by atoms with E-state index < -0.39 is 0 Å². The van der Waals surface area contributed by atoms with Gasteiger partial charge in [0.05, 0.1) is 0 Å². The molecule has 13 heavy (non-hydrogen) atoms. The van der Waals surface area contributed by atoms with Crippen LogP contribution in [0.5, 0.6) is 0 Å². The van der Waals surface area contributed by atoms with Gasteiger partial charge in [0.25, 0.3) is 0 Å². The number of tetrazole rings is 1. The van der Waals surface area contributed by atoms with Crippen LogP contribution >= 0.6 is 0 Å². The first-order valence-corrected chi connectivity index (χ1v) is 3.91. The van der Waals surface area contributed by atoms with Crippen molar-refractivity contribution in [2.45, 2.75) is 0 Å². The maximum absolute atomic E-state index is 3.80. The molecule has 0 aliphatic heterocycles. The molecular weight excluding hydrogens is 166 g/mol. The number of hydrogen-bond acceptors (Lipinski definition) is 4. The number of hydrogen-bond donors (Lipinski definition) is 1. The van der Waals surface area contributed by atoms with Crippen molar-refractivity contribution in [1.29, 1.82) is 0 Å². The summed E-state index contributed by atoms with van der Waals surface area (Å²) in [4.78, 5) is 0. The Morgan fingerprint density at radius 3 is 2.62 bits per heavy atom. The molecule has 0 unspecified atom stereocenters. The van der Waals surface area contributed by atoms with Crippen molar-refractivity contribution in [1.82, 2.24) is 20.2 Å². The third-order valence-corrected chi connectivity index (χ3v) is 1.65. The summed E-state index contributed by atoms with van der Waals surface area (Å²) in [5.41, 5.74) is 0.973. The first-order chi connectivity index (χ1) is 6.36. The minimum atomic E-state index is 0.631. The van der Waals surface area contributed by atoms with Crippen molar-refractivity contribution in [2.75, 3.05) is 5.32 Å². The Kier molecular flexibility index (Phi) is 1.91. The third kappa shape index (κ3) is 1.64. The van der Waals surface area contributed by atoms with Gasteiger partial charge < -0.3 is 5.32 Å². The zero-order valence-corrected chi connectivity index (χ0v) is 7.18. The molecular formula is C8H9N5. The summed E-state index contributed by atoms with van der Waals surface area (Å²) >= 11 is 0. The van der Waals surface area contributed by atoms with Gasteiger partial charge in [0.1, 0.15) is 0 Å². The van der Waals surface area contributed by atoms with E-state index in [1.807, 2.05) is 30.3 Å². The fourth-order valence-corrected chi connectivity index (χ4v) is 0.986. The highest BCUT2D eigenvalue weighted by Gasteiger charge is 1.99. The van der Waals surface area contributed by atoms with Gasteiger partial charge in [0, 0.05) is 12.7 Å². The molecule has 0 radical (unpaired) electrons. The molecule has 0 saturated carbocycles. The molecule has 1 heterocycles. The van der Waals surface area contributed by atoms with Crippen LogP contribution in [0.15, 0.2) is 30.3 Å². The van der Waals surface area contributed by atoms with Gasteiger partial charge in [-0.15, -0.1) is 0 Å². The van der Waals surface area contributed by atoms with E-state index in [0.29, 0.717) is 5.95 Å². The van der Waals surface area contributed by atoms with Crippen molar-refractivity contribution in [3.63, 3.8) is 0 Å². The van der Waals surface area contributed by atoms with Crippen LogP contribution in [-0.4, -0.2) is 20.2 Å². The maximum Gasteiger partial charge on any atom is 0.247 e. The summed E-state index contributed by atoms with van der Waals surface area (Å²) < 4.78 is 1.58. The quantitative estimate of drug-likeness (QED) is 0.738. The van der Waals surface area contributed by atoms with Crippen LogP contribution in [-0.2, 0) is 7.05 Å². The lowest BCUT2D eigenvalue weighted by Gasteiger charge is -2.01. The lowest BCUT2D eigenvalue weighted by Crippen LogP contribution is -1.99. The van der Waals surface area contributed by atoms with Gasteiger partial charge in [-0.25, -0.2) is 4.68 Å². The average molecular weight is 175 g/mol. The predicted molar refractivity (Wildman–Crippen MR) is 48.5 cm³/mol. The molecule has 5 heteroatoms. The monoisotopic (exact) mass is 175 g/mol. The molecule has 0 fully saturated rings. The highest BCUT2D eigenvalue weighted by molar-refractivity contribution is 5.52. The number of nitrogens with one attached hydrogen (secondary N) is 1. The van der Waals surface area contributed by atoms with Gasteiger partial charge in [-0.05, 0) is 22.6 Å². The smallest absolute Gasteiger partial charge is 0.247 e. The first-order valence-electron chi connectivity index (χ1n) is 3.91. The van der Waals surface area contributed by atoms with Crippen LogP contribution in [0.25, 0.3) is 0 Å². The van der Waals surface area contributed by atoms with Crippen LogP contribution in [0.3, 0.4) is 0 Å². The predicted octanol–water partition coefficient (Wildman–Crippen LogP) is 0.954. The van der Waals surface area contributed by atoms with Gasteiger partial charge in [-0.3, -0.25) is 0 Å². The second kappa shape index (κ2) is 3.22. The lowest BCUT2D eigenvalue weighted by molar-refractivity contribution is 0.715. The molecule has 0 aliphatic carbocycles. The summed E-state index contributed by atoms with van der Waals surface area (Å²) in [6.07, 6.45) is 0. The largest absolute Gasteiger partial charge is 0.323 e. The minimum absolute atomic E-state index is 0.631. The fourth-order valence-electron chi connectivity index (χ4n) is 0.986. The van der Waals surface area contributed by atoms with E-state index in [-0.39, 0.29) is 0 Å². The van der Waals surface area contributed by atoms with E-state index in [1.54, 1.807) is 11.7 Å². The third-order valence-electron chi connectivity index (χ3n) is 1.65. The molecule has 2 aromatic rings. The molecule has 2 rings (SSSR count). The van der Waals surface area contributed by atoms with Crippen LogP contribution in [0.2, 0.25) is 0 Å². The Balaban J connectivity index is 2.20. The second-order valence-electron chi connectivity index (χ2n) is 2.62. The fraction of sp³-hybridized carbons (Fsp3) is 0.125. The Morgan fingerprint density at radius 2 is 2.00 bits per heavy atom. The van der Waals surface area contributed by atoms with Crippen LogP contribution in [0, 0.1) is 0 Å². The molecule has 1 aromatic carbocycles. The summed E-state index contributed by atoms with van der Waals surface area (Å²) in [7, 11) is 1.78. The van der Waals surface area contributed by atoms with Gasteiger partial charge in [0.15, 0.2) is 0 Å². The van der Waals surface area contributed by atoms with Crippen molar-refractivity contribution >= 4 is 11.6 Å². The van der Waals surface area contributed by atoms with Crippen LogP contribution < -0.4 is 5.32 Å². The lowest BCUT2D eigenvalue weighted by atomic mass is 10.3. The normalized spacial score (nSPS) is 9.92. The Labute approximate surface area is 75.4 Å². The molecule has 0 spiro atoms. The SMILES string of the molecule is Cn1nnnc1Nc1ccccc1. The molecule has 0 bridgehead atoms. The molecule has 0 amide bonds. The molecule has 66 valence electrons. The standard InChI is InChI=1S/C8H9N5/c1-13-8(10-11-12-13)9-7-5-3-2-4-6-7/h2-6H,1H3,(H,9,10,12). The van der Waals surface area contributed by atoms with Gasteiger partial charge in [-0.1, -0.05) is 23.3 Å². The number of anilines is 2. The van der Waals surface area contributed by atoms with Gasteiger partial charge in [-0.2, -0.15) is 0 Å². The van der Waals surface area contributed by atoms with Crippen LogP contribution in [0.1, 0.15) is 0 Å². The molecule has 0 atom stereocenters. The molecule has 0 saturated heterocycles. The van der Waals surface area contributed by atoms with E-state index in [1.165, 1.54) is 0 Å². The Hall–Kier alpha value is -1.91. The van der Waals surface area contributed by atoms with E-state index in [2.05, 4.69) is 20.8 Å². The van der Waals surface area contributed by atoms with Crippen molar-refractivity contribution in [3.8, 4) is 0 Å². The summed E-state index contributed by atoms with van der Waals surface area (Å²) in [6, 6.07) is 9.77. The van der Waals surface area contributed by atoms with Gasteiger partial charge >= 0.3 is 0 Å². The zero-order valence-electron chi connectivity index (χ0n) is 7.18. The number of nitrogens with zero attached hydrogens (tertiary/aromatic N) is 4. The van der Waals surface area contributed by atoms with E-state index in [4.69, 9.17) is 0 Å². The number of benzene rings is 1. The minimum Gasteiger partial charge on any atom is -0.323 e. The van der Waals surface area contributed by atoms with Crippen molar-refractivity contribution < 1.29 is 0 Å². The summed E-state index contributed by atoms with van der Waals surface area (Å²) in [6.45, 7) is 0. The topological polar surface area (TPSA) is 55.6 Å². The van der Waals surface area contributed by atoms with Crippen molar-refractivity contribution in [2.24, 2.45) is 7.05 Å². The number of para-hydroxylation sites is 1. The number of aryl methyl sites for hydroxylation is 1. The second-order valence-corrected chi connectivity index (χ2v) is 2.62. The highest BCUT2D eigenvalue weighted by atomic mass is 15.6. The van der Waals surface area contributed by atoms with Gasteiger partial charge in [0.2, 0.25) is 5.95 Å². The van der Waals surface area contributed by atoms with E-state index in [9.17, 15) is 0 Å². The summed E-state index contributed by atoms with van der Waals surface area (Å²) in [5, 5.41) is 14.1. The highest BCUT2D eigenvalue weighted by Crippen LogP contribution is 2.10. The maximum atomic E-state index is 3.80. The number of rotatable bonds is 2. The molecule has 5 nitrogen and oxygen atoms in total. The Morgan fingerprint density at radius 1 is 1.23 bits per heavy atom. The first kappa shape index (κ1) is 7.72. The molecule has 0 aliphatic rings. The van der Waals surface area contributed by atoms with E-state index in [0.717, 1.165) is 5.69 Å². The van der Waals surface area contributed by atoms with Crippen LogP contribution in [0.4, 0.5) is 11.6 Å². The summed E-state index contributed by atoms with van der Waals surface area (Å²) in [5.74, 6) is 0.631.